The van der Waals surface area contributed by atoms with Crippen molar-refractivity contribution in [3.05, 3.63) is 29.8 Å². The summed E-state index contributed by atoms with van der Waals surface area (Å²) in [7, 11) is 2.00. The molecule has 118 valence electrons. The molecule has 0 atom stereocenters. The molecule has 1 aromatic rings. The topological polar surface area (TPSA) is 53.6 Å². The molecule has 0 aromatic heterocycles. The van der Waals surface area contributed by atoms with Crippen molar-refractivity contribution in [2.75, 3.05) is 24.4 Å². The van der Waals surface area contributed by atoms with Crippen LogP contribution < -0.4 is 15.8 Å². The predicted molar refractivity (Wildman–Crippen MR) is 86.6 cm³/mol. The lowest BCUT2D eigenvalue weighted by molar-refractivity contribution is 0.0497. The van der Waals surface area contributed by atoms with Crippen LogP contribution in [0.1, 0.15) is 26.3 Å². The lowest BCUT2D eigenvalue weighted by Crippen LogP contribution is -2.40. The van der Waals surface area contributed by atoms with Crippen molar-refractivity contribution in [2.24, 2.45) is 0 Å². The molecule has 0 bridgehead atoms. The Morgan fingerprint density at radius 1 is 1.29 bits per heavy atom. The summed E-state index contributed by atoms with van der Waals surface area (Å²) in [4.78, 5) is 13.5. The second-order valence-corrected chi connectivity index (χ2v) is 6.14. The maximum Gasteiger partial charge on any atom is 0.422 e. The standard InChI is InChI=1S/C15H24ClN3O2/c1-15(2,3)21-14(20)18-17-11-12-5-7-13(8-6-12)19(4)10-9-16/h5-8,17H,9-11H2,1-4H3,(H,18,20). The Kier molecular flexibility index (Phi) is 6.78. The van der Waals surface area contributed by atoms with Crippen molar-refractivity contribution in [2.45, 2.75) is 32.9 Å². The van der Waals surface area contributed by atoms with E-state index in [1.807, 2.05) is 52.1 Å². The van der Waals surface area contributed by atoms with Crippen molar-refractivity contribution in [1.82, 2.24) is 10.9 Å². The fraction of sp³-hybridized carbons (Fsp3) is 0.533. The fourth-order valence-corrected chi connectivity index (χ4v) is 1.90. The van der Waals surface area contributed by atoms with Crippen molar-refractivity contribution < 1.29 is 9.53 Å². The second kappa shape index (κ2) is 8.10. The molecular weight excluding hydrogens is 290 g/mol. The molecular formula is C15H24ClN3O2. The van der Waals surface area contributed by atoms with E-state index in [9.17, 15) is 4.79 Å². The lowest BCUT2D eigenvalue weighted by Gasteiger charge is -2.20. The number of nitrogens with zero attached hydrogens (tertiary/aromatic N) is 1. The molecule has 1 amide bonds. The van der Waals surface area contributed by atoms with Gasteiger partial charge in [0.25, 0.3) is 0 Å². The Morgan fingerprint density at radius 3 is 2.43 bits per heavy atom. The van der Waals surface area contributed by atoms with Crippen molar-refractivity contribution in [1.29, 1.82) is 0 Å². The van der Waals surface area contributed by atoms with E-state index in [0.29, 0.717) is 12.4 Å². The molecule has 6 heteroatoms. The number of alkyl halides is 1. The molecule has 0 aliphatic rings. The van der Waals surface area contributed by atoms with Gasteiger partial charge in [0.1, 0.15) is 5.60 Å². The van der Waals surface area contributed by atoms with Gasteiger partial charge in [0.15, 0.2) is 0 Å². The van der Waals surface area contributed by atoms with Crippen LogP contribution in [0.15, 0.2) is 24.3 Å². The average molecular weight is 314 g/mol. The van der Waals surface area contributed by atoms with Gasteiger partial charge < -0.3 is 9.64 Å². The van der Waals surface area contributed by atoms with Gasteiger partial charge in [0, 0.05) is 31.7 Å². The van der Waals surface area contributed by atoms with E-state index in [1.54, 1.807) is 0 Å². The van der Waals surface area contributed by atoms with Crippen molar-refractivity contribution in [3.8, 4) is 0 Å². The van der Waals surface area contributed by atoms with E-state index in [4.69, 9.17) is 16.3 Å². The highest BCUT2D eigenvalue weighted by atomic mass is 35.5. The molecule has 1 aromatic carbocycles. The summed E-state index contributed by atoms with van der Waals surface area (Å²) in [6, 6.07) is 8.06. The molecule has 0 heterocycles. The molecule has 0 unspecified atom stereocenters. The molecule has 0 fully saturated rings. The van der Waals surface area contributed by atoms with Crippen LogP contribution >= 0.6 is 11.6 Å². The summed E-state index contributed by atoms with van der Waals surface area (Å²) >= 11 is 5.72. The fourth-order valence-electron chi connectivity index (χ4n) is 1.65. The van der Waals surface area contributed by atoms with Gasteiger partial charge in [-0.3, -0.25) is 5.43 Å². The van der Waals surface area contributed by atoms with Crippen LogP contribution in [0, 0.1) is 0 Å². The third-order valence-electron chi connectivity index (χ3n) is 2.68. The minimum absolute atomic E-state index is 0.485. The van der Waals surface area contributed by atoms with Gasteiger partial charge in [-0.25, -0.2) is 10.2 Å². The largest absolute Gasteiger partial charge is 0.443 e. The summed E-state index contributed by atoms with van der Waals surface area (Å²) in [6.45, 7) is 6.80. The number of anilines is 1. The maximum atomic E-state index is 11.4. The van der Waals surface area contributed by atoms with E-state index < -0.39 is 11.7 Å². The van der Waals surface area contributed by atoms with Gasteiger partial charge in [0.05, 0.1) is 0 Å². The smallest absolute Gasteiger partial charge is 0.422 e. The molecule has 0 spiro atoms. The van der Waals surface area contributed by atoms with Gasteiger partial charge in [0.2, 0.25) is 0 Å². The third-order valence-corrected chi connectivity index (χ3v) is 2.85. The molecule has 0 aliphatic heterocycles. The molecule has 21 heavy (non-hydrogen) atoms. The van der Waals surface area contributed by atoms with Gasteiger partial charge in [-0.2, -0.15) is 0 Å². The number of carbonyl (C=O) groups is 1. The van der Waals surface area contributed by atoms with Crippen molar-refractivity contribution in [3.63, 3.8) is 0 Å². The van der Waals surface area contributed by atoms with Crippen LogP contribution in [-0.2, 0) is 11.3 Å². The monoisotopic (exact) mass is 313 g/mol. The zero-order valence-corrected chi connectivity index (χ0v) is 13.8. The SMILES string of the molecule is CN(CCCl)c1ccc(CNNC(=O)OC(C)(C)C)cc1. The minimum atomic E-state index is -0.500. The second-order valence-electron chi connectivity index (χ2n) is 5.76. The maximum absolute atomic E-state index is 11.4. The highest BCUT2D eigenvalue weighted by molar-refractivity contribution is 6.18. The van der Waals surface area contributed by atoms with Crippen LogP contribution in [0.5, 0.6) is 0 Å². The first-order valence-corrected chi connectivity index (χ1v) is 7.43. The predicted octanol–water partition coefficient (Wildman–Crippen LogP) is 2.89. The first-order chi connectivity index (χ1) is 9.81. The summed E-state index contributed by atoms with van der Waals surface area (Å²) in [5.41, 5.74) is 7.02. The molecule has 0 saturated carbocycles. The lowest BCUT2D eigenvalue weighted by atomic mass is 10.2. The zero-order chi connectivity index (χ0) is 15.9. The van der Waals surface area contributed by atoms with Crippen LogP contribution in [0.4, 0.5) is 10.5 Å². The highest BCUT2D eigenvalue weighted by Crippen LogP contribution is 2.13. The van der Waals surface area contributed by atoms with Gasteiger partial charge >= 0.3 is 6.09 Å². The number of halogens is 1. The van der Waals surface area contributed by atoms with Crippen LogP contribution in [0.2, 0.25) is 0 Å². The first kappa shape index (κ1) is 17.6. The van der Waals surface area contributed by atoms with E-state index in [-0.39, 0.29) is 0 Å². The third kappa shape index (κ3) is 7.20. The number of hydrogen-bond acceptors (Lipinski definition) is 4. The average Bonchev–Trinajstić information content (AvgIpc) is 2.37. The Balaban J connectivity index is 2.38. The van der Waals surface area contributed by atoms with E-state index in [2.05, 4.69) is 15.8 Å². The van der Waals surface area contributed by atoms with E-state index >= 15 is 0 Å². The zero-order valence-electron chi connectivity index (χ0n) is 13.1. The molecule has 0 radical (unpaired) electrons. The normalized spacial score (nSPS) is 11.1. The summed E-state index contributed by atoms with van der Waals surface area (Å²) in [5.74, 6) is 0.597. The number of carbonyl (C=O) groups excluding carboxylic acids is 1. The van der Waals surface area contributed by atoms with Gasteiger partial charge in [-0.1, -0.05) is 12.1 Å². The van der Waals surface area contributed by atoms with Crippen molar-refractivity contribution >= 4 is 23.4 Å². The number of amides is 1. The minimum Gasteiger partial charge on any atom is -0.443 e. The Morgan fingerprint density at radius 2 is 1.90 bits per heavy atom. The number of ether oxygens (including phenoxy) is 1. The number of hydrazine groups is 1. The molecule has 5 nitrogen and oxygen atoms in total. The quantitative estimate of drug-likeness (QED) is 0.626. The number of hydrogen-bond donors (Lipinski definition) is 2. The number of benzene rings is 1. The van der Waals surface area contributed by atoms with Crippen LogP contribution in [0.3, 0.4) is 0 Å². The van der Waals surface area contributed by atoms with E-state index in [1.165, 1.54) is 0 Å². The Bertz CT molecular complexity index is 443. The Labute approximate surface area is 131 Å². The first-order valence-electron chi connectivity index (χ1n) is 6.90. The van der Waals surface area contributed by atoms with Crippen LogP contribution in [-0.4, -0.2) is 31.2 Å². The molecule has 2 N–H and O–H groups in total. The molecule has 0 aliphatic carbocycles. The van der Waals surface area contributed by atoms with Crippen LogP contribution in [0.25, 0.3) is 0 Å². The summed E-state index contributed by atoms with van der Waals surface area (Å²) in [5, 5.41) is 0. The van der Waals surface area contributed by atoms with Gasteiger partial charge in [-0.15, -0.1) is 11.6 Å². The molecule has 0 saturated heterocycles. The van der Waals surface area contributed by atoms with Gasteiger partial charge in [-0.05, 0) is 38.5 Å². The summed E-state index contributed by atoms with van der Waals surface area (Å²) < 4.78 is 5.12. The summed E-state index contributed by atoms with van der Waals surface area (Å²) in [6.07, 6.45) is -0.485. The number of nitrogens with one attached hydrogen (secondary N) is 2. The number of rotatable bonds is 6. The molecule has 1 rings (SSSR count). The Hall–Kier alpha value is -1.46. The van der Waals surface area contributed by atoms with E-state index in [0.717, 1.165) is 17.8 Å². The highest BCUT2D eigenvalue weighted by Gasteiger charge is 2.15.